The lowest BCUT2D eigenvalue weighted by Crippen LogP contribution is -2.54. The van der Waals surface area contributed by atoms with Gasteiger partial charge in [-0.15, -0.1) is 0 Å². The summed E-state index contributed by atoms with van der Waals surface area (Å²) >= 11 is 0. The van der Waals surface area contributed by atoms with Crippen molar-refractivity contribution in [3.63, 3.8) is 0 Å². The van der Waals surface area contributed by atoms with Gasteiger partial charge in [0.15, 0.2) is 0 Å². The molecule has 15 nitrogen and oxygen atoms in total. The van der Waals surface area contributed by atoms with E-state index in [-0.39, 0.29) is 88.1 Å². The summed E-state index contributed by atoms with van der Waals surface area (Å²) in [5.41, 5.74) is 6.93. The topological polar surface area (TPSA) is 205 Å². The van der Waals surface area contributed by atoms with Crippen molar-refractivity contribution < 1.29 is 47.7 Å². The number of benzene rings is 1. The standard InChI is InChI=1S/C35H53N5O10/c1-24(2)32(39-29(41)14-17-47-19-21-49-22-20-48-18-16-40-30(42)12-13-31(40)43)34(45)38-28(7-5-6-15-36)33(44)37-27-10-8-26(9-11-27)23-50-35(46)25(3)4/h8-13,24-25,28,32H,5-7,14-23,36H2,1-4H3,(H,37,44)(H,38,45)(H,39,41)/t28-,32-/m0/s1. The zero-order chi connectivity index (χ0) is 36.9. The van der Waals surface area contributed by atoms with Crippen molar-refractivity contribution in [2.45, 2.75) is 72.1 Å². The maximum atomic E-state index is 13.3. The summed E-state index contributed by atoms with van der Waals surface area (Å²) in [6.07, 6.45) is 4.12. The van der Waals surface area contributed by atoms with E-state index in [2.05, 4.69) is 16.0 Å². The average molecular weight is 704 g/mol. The molecule has 0 saturated carbocycles. The predicted molar refractivity (Wildman–Crippen MR) is 184 cm³/mol. The maximum absolute atomic E-state index is 13.3. The van der Waals surface area contributed by atoms with Gasteiger partial charge in [-0.05, 0) is 49.4 Å². The minimum Gasteiger partial charge on any atom is -0.461 e. The monoisotopic (exact) mass is 703 g/mol. The normalized spacial score (nSPS) is 13.9. The number of rotatable bonds is 25. The minimum absolute atomic E-state index is 0.0233. The molecule has 0 saturated heterocycles. The molecule has 0 aliphatic carbocycles. The number of carbonyl (C=O) groups is 6. The van der Waals surface area contributed by atoms with Crippen LogP contribution in [0.1, 0.15) is 58.9 Å². The number of hydrogen-bond donors (Lipinski definition) is 4. The molecule has 0 radical (unpaired) electrons. The van der Waals surface area contributed by atoms with Crippen LogP contribution < -0.4 is 21.7 Å². The van der Waals surface area contributed by atoms with Crippen molar-refractivity contribution >= 4 is 41.2 Å². The molecular weight excluding hydrogens is 650 g/mol. The molecule has 0 fully saturated rings. The van der Waals surface area contributed by atoms with Crippen LogP contribution in [0.4, 0.5) is 5.69 Å². The third kappa shape index (κ3) is 16.0. The van der Waals surface area contributed by atoms with Gasteiger partial charge in [-0.3, -0.25) is 33.7 Å². The van der Waals surface area contributed by atoms with Crippen LogP contribution in [-0.2, 0) is 54.3 Å². The van der Waals surface area contributed by atoms with Gasteiger partial charge in [0.2, 0.25) is 17.7 Å². The lowest BCUT2D eigenvalue weighted by molar-refractivity contribution is -0.148. The molecule has 2 atom stereocenters. The highest BCUT2D eigenvalue weighted by Crippen LogP contribution is 2.14. The molecule has 0 aromatic heterocycles. The zero-order valence-electron chi connectivity index (χ0n) is 29.6. The van der Waals surface area contributed by atoms with Crippen molar-refractivity contribution in [3.8, 4) is 0 Å². The molecule has 0 spiro atoms. The molecule has 5 amide bonds. The molecule has 1 aromatic rings. The number of carbonyl (C=O) groups excluding carboxylic acids is 6. The van der Waals surface area contributed by atoms with E-state index in [1.165, 1.54) is 12.2 Å². The van der Waals surface area contributed by atoms with E-state index in [0.29, 0.717) is 38.1 Å². The Kier molecular flexibility index (Phi) is 19.5. The van der Waals surface area contributed by atoms with Crippen LogP contribution in [0.15, 0.2) is 36.4 Å². The summed E-state index contributed by atoms with van der Waals surface area (Å²) in [6, 6.07) is 5.15. The second-order valence-electron chi connectivity index (χ2n) is 12.3. The van der Waals surface area contributed by atoms with Crippen LogP contribution in [-0.4, -0.2) is 105 Å². The van der Waals surface area contributed by atoms with Crippen molar-refractivity contribution in [2.75, 3.05) is 58.0 Å². The van der Waals surface area contributed by atoms with Gasteiger partial charge in [0, 0.05) is 24.3 Å². The first-order valence-corrected chi connectivity index (χ1v) is 17.1. The molecule has 1 aliphatic rings. The van der Waals surface area contributed by atoms with E-state index in [0.717, 1.165) is 10.5 Å². The molecular formula is C35H53N5O10. The van der Waals surface area contributed by atoms with E-state index in [9.17, 15) is 28.8 Å². The van der Waals surface area contributed by atoms with Crippen LogP contribution in [0.2, 0.25) is 0 Å². The molecule has 0 unspecified atom stereocenters. The van der Waals surface area contributed by atoms with Gasteiger partial charge >= 0.3 is 5.97 Å². The van der Waals surface area contributed by atoms with Crippen LogP contribution in [0.25, 0.3) is 0 Å². The maximum Gasteiger partial charge on any atom is 0.308 e. The molecule has 15 heteroatoms. The van der Waals surface area contributed by atoms with Gasteiger partial charge in [0.1, 0.15) is 18.7 Å². The highest BCUT2D eigenvalue weighted by molar-refractivity contribution is 6.12. The smallest absolute Gasteiger partial charge is 0.308 e. The Labute approximate surface area is 293 Å². The van der Waals surface area contributed by atoms with Crippen LogP contribution in [0.5, 0.6) is 0 Å². The number of esters is 1. The molecule has 0 bridgehead atoms. The Morgan fingerprint density at radius 2 is 1.38 bits per heavy atom. The second-order valence-corrected chi connectivity index (χ2v) is 12.3. The molecule has 1 aliphatic heterocycles. The number of hydrogen-bond acceptors (Lipinski definition) is 11. The number of nitrogens with one attached hydrogen (secondary N) is 3. The summed E-state index contributed by atoms with van der Waals surface area (Å²) in [5, 5.41) is 8.39. The summed E-state index contributed by atoms with van der Waals surface area (Å²) in [5.74, 6) is -2.74. The number of nitrogens with two attached hydrogens (primary N) is 1. The minimum atomic E-state index is -0.874. The number of amides is 5. The van der Waals surface area contributed by atoms with Gasteiger partial charge in [0.25, 0.3) is 11.8 Å². The quantitative estimate of drug-likeness (QED) is 0.0652. The highest BCUT2D eigenvalue weighted by atomic mass is 16.5. The third-order valence-electron chi connectivity index (χ3n) is 7.50. The predicted octanol–water partition coefficient (Wildman–Crippen LogP) is 1.44. The SMILES string of the molecule is CC(C)C(=O)OCc1ccc(NC(=O)[C@H](CCCCN)NC(=O)[C@@H](NC(=O)CCOCCOCCOCCN2C(=O)C=CC2=O)C(C)C)cc1. The zero-order valence-corrected chi connectivity index (χ0v) is 29.6. The van der Waals surface area contributed by atoms with Gasteiger partial charge in [0.05, 0.1) is 52.1 Å². The van der Waals surface area contributed by atoms with E-state index in [1.54, 1.807) is 52.0 Å². The Morgan fingerprint density at radius 1 is 0.780 bits per heavy atom. The first kappa shape index (κ1) is 42.0. The van der Waals surface area contributed by atoms with E-state index in [1.807, 2.05) is 0 Å². The number of anilines is 1. The van der Waals surface area contributed by atoms with E-state index >= 15 is 0 Å². The van der Waals surface area contributed by atoms with Crippen molar-refractivity contribution in [1.82, 2.24) is 15.5 Å². The number of nitrogens with zero attached hydrogens (tertiary/aromatic N) is 1. The van der Waals surface area contributed by atoms with Gasteiger partial charge < -0.3 is 40.6 Å². The van der Waals surface area contributed by atoms with E-state index < -0.39 is 23.9 Å². The van der Waals surface area contributed by atoms with Gasteiger partial charge in [-0.2, -0.15) is 0 Å². The van der Waals surface area contributed by atoms with Crippen LogP contribution >= 0.6 is 0 Å². The lowest BCUT2D eigenvalue weighted by Gasteiger charge is -2.25. The van der Waals surface area contributed by atoms with E-state index in [4.69, 9.17) is 24.7 Å². The van der Waals surface area contributed by atoms with Gasteiger partial charge in [-0.1, -0.05) is 39.8 Å². The molecule has 278 valence electrons. The summed E-state index contributed by atoms with van der Waals surface area (Å²) in [7, 11) is 0. The fourth-order valence-corrected chi connectivity index (χ4v) is 4.55. The Balaban J connectivity index is 1.73. The molecule has 1 aromatic carbocycles. The first-order valence-electron chi connectivity index (χ1n) is 17.1. The Bertz CT molecular complexity index is 1270. The lowest BCUT2D eigenvalue weighted by atomic mass is 10.0. The Hall–Kier alpha value is -4.18. The molecule has 1 heterocycles. The molecule has 2 rings (SSSR count). The number of imide groups is 1. The van der Waals surface area contributed by atoms with Crippen molar-refractivity contribution in [3.05, 3.63) is 42.0 Å². The highest BCUT2D eigenvalue weighted by Gasteiger charge is 2.29. The molecule has 50 heavy (non-hydrogen) atoms. The third-order valence-corrected chi connectivity index (χ3v) is 7.50. The Morgan fingerprint density at radius 3 is 1.96 bits per heavy atom. The fraction of sp³-hybridized carbons (Fsp3) is 0.600. The summed E-state index contributed by atoms with van der Waals surface area (Å²) in [4.78, 5) is 75.0. The number of unbranched alkanes of at least 4 members (excludes halogenated alkanes) is 1. The summed E-state index contributed by atoms with van der Waals surface area (Å²) in [6.45, 7) is 9.29. The second kappa shape index (κ2) is 23.3. The average Bonchev–Trinajstić information content (AvgIpc) is 3.40. The summed E-state index contributed by atoms with van der Waals surface area (Å²) < 4.78 is 21.5. The molecule has 5 N–H and O–H groups in total. The van der Waals surface area contributed by atoms with Gasteiger partial charge in [-0.25, -0.2) is 0 Å². The van der Waals surface area contributed by atoms with Crippen molar-refractivity contribution in [1.29, 1.82) is 0 Å². The fourth-order valence-electron chi connectivity index (χ4n) is 4.55. The van der Waals surface area contributed by atoms with Crippen molar-refractivity contribution in [2.24, 2.45) is 17.6 Å². The number of ether oxygens (including phenoxy) is 4. The van der Waals surface area contributed by atoms with Crippen LogP contribution in [0.3, 0.4) is 0 Å². The van der Waals surface area contributed by atoms with Crippen LogP contribution in [0, 0.1) is 11.8 Å². The largest absolute Gasteiger partial charge is 0.461 e. The first-order chi connectivity index (χ1) is 23.9.